The van der Waals surface area contributed by atoms with Gasteiger partial charge >= 0.3 is 146 Å². The van der Waals surface area contributed by atoms with Crippen LogP contribution in [0.25, 0.3) is 0 Å². The fourth-order valence-electron chi connectivity index (χ4n) is 2.27. The summed E-state index contributed by atoms with van der Waals surface area (Å²) in [5, 5.41) is 0. The predicted molar refractivity (Wildman–Crippen MR) is 103 cm³/mol. The Morgan fingerprint density at radius 3 is 1.93 bits per heavy atom. The number of phosphoric acid groups is 1. The van der Waals surface area contributed by atoms with Crippen LogP contribution in [0.5, 0.6) is 5.75 Å². The van der Waals surface area contributed by atoms with Crippen LogP contribution in [0.3, 0.4) is 0 Å². The van der Waals surface area contributed by atoms with Crippen LogP contribution in [0.2, 0.25) is 0 Å². The number of hydrogen-bond donors (Lipinski definition) is 3. The van der Waals surface area contributed by atoms with Gasteiger partial charge in [0.2, 0.25) is 0 Å². The minimum Gasteiger partial charge on any atom is -0.303 e. The van der Waals surface area contributed by atoms with Crippen LogP contribution in [0, 0.1) is 7.14 Å². The molecule has 2 aromatic carbocycles. The van der Waals surface area contributed by atoms with E-state index in [2.05, 4.69) is 61.5 Å². The van der Waals surface area contributed by atoms with E-state index in [9.17, 15) is 0 Å². The molecule has 152 valence electrons. The van der Waals surface area contributed by atoms with E-state index in [4.69, 9.17) is 24.0 Å². The summed E-state index contributed by atoms with van der Waals surface area (Å²) >= 11 is -0.0655. The molecule has 0 amide bonds. The quantitative estimate of drug-likeness (QED) is 0.259. The average Bonchev–Trinajstić information content (AvgIpc) is 2.62. The predicted octanol–water partition coefficient (Wildman–Crippen LogP) is 1.63. The topological polar surface area (TPSA) is 87.0 Å². The normalized spacial score (nSPS) is 11.0. The molecule has 0 spiro atoms. The second-order valence-electron chi connectivity index (χ2n) is 5.97. The number of benzene rings is 2. The van der Waals surface area contributed by atoms with Crippen LogP contribution >= 0.6 is 7.82 Å². The van der Waals surface area contributed by atoms with Crippen molar-refractivity contribution in [1.29, 1.82) is 0 Å². The number of rotatable bonds is 10. The van der Waals surface area contributed by atoms with Crippen molar-refractivity contribution in [3.8, 4) is 5.75 Å². The van der Waals surface area contributed by atoms with Crippen molar-refractivity contribution in [3.05, 3.63) is 61.7 Å². The van der Waals surface area contributed by atoms with Crippen LogP contribution in [0.15, 0.2) is 54.6 Å². The summed E-state index contributed by atoms with van der Waals surface area (Å²) in [6.45, 7) is 3.10. The van der Waals surface area contributed by atoms with E-state index in [-0.39, 0.29) is 21.2 Å². The van der Waals surface area contributed by atoms with Crippen LogP contribution < -0.4 is 25.9 Å². The summed E-state index contributed by atoms with van der Waals surface area (Å²) in [4.78, 5) is 21.6. The molecule has 0 radical (unpaired) electrons. The molecule has 2 rings (SSSR count). The molecular formula is C20H29IO5P-. The molecule has 0 bridgehead atoms. The van der Waals surface area contributed by atoms with E-state index < -0.39 is 7.82 Å². The number of unbranched alkanes of at least 4 members (excludes halogenated alkanes) is 5. The zero-order valence-electron chi connectivity index (χ0n) is 15.6. The SMILES string of the molecule is CCCCCCCCOc1ccc([I-]c2ccccc2)cc1.O=P(O)(O)O. The smallest absolute Gasteiger partial charge is 0.303 e. The van der Waals surface area contributed by atoms with Gasteiger partial charge in [0.15, 0.2) is 0 Å². The summed E-state index contributed by atoms with van der Waals surface area (Å²) in [5.41, 5.74) is 0. The van der Waals surface area contributed by atoms with E-state index in [0.717, 1.165) is 12.4 Å². The first-order valence-corrected chi connectivity index (χ1v) is 12.8. The molecule has 0 aromatic heterocycles. The van der Waals surface area contributed by atoms with E-state index in [1.165, 1.54) is 45.7 Å². The number of halogens is 1. The van der Waals surface area contributed by atoms with Crippen molar-refractivity contribution in [2.75, 3.05) is 6.61 Å². The first kappa shape index (κ1) is 24.1. The molecule has 0 atom stereocenters. The van der Waals surface area contributed by atoms with Gasteiger partial charge in [-0.2, -0.15) is 0 Å². The molecule has 0 fully saturated rings. The third kappa shape index (κ3) is 14.8. The molecule has 0 aliphatic heterocycles. The Bertz CT molecular complexity index is 650. The minimum absolute atomic E-state index is 0.0655. The fraction of sp³-hybridized carbons (Fsp3) is 0.400. The van der Waals surface area contributed by atoms with Gasteiger partial charge in [0.1, 0.15) is 0 Å². The van der Waals surface area contributed by atoms with Gasteiger partial charge in [-0.05, 0) is 0 Å². The maximum absolute atomic E-state index is 8.88. The Balaban J connectivity index is 0.000000646. The van der Waals surface area contributed by atoms with Gasteiger partial charge in [0.05, 0.1) is 0 Å². The molecule has 2 aromatic rings. The first-order chi connectivity index (χ1) is 12.9. The third-order valence-corrected chi connectivity index (χ3v) is 6.22. The molecule has 27 heavy (non-hydrogen) atoms. The van der Waals surface area contributed by atoms with E-state index in [1.54, 1.807) is 0 Å². The van der Waals surface area contributed by atoms with Crippen LogP contribution in [-0.4, -0.2) is 21.3 Å². The van der Waals surface area contributed by atoms with Crippen molar-refractivity contribution >= 4 is 7.82 Å². The summed E-state index contributed by atoms with van der Waals surface area (Å²) < 4.78 is 17.6. The molecule has 0 aliphatic carbocycles. The Morgan fingerprint density at radius 2 is 1.33 bits per heavy atom. The Morgan fingerprint density at radius 1 is 0.815 bits per heavy atom. The molecule has 3 N–H and O–H groups in total. The van der Waals surface area contributed by atoms with Gasteiger partial charge < -0.3 is 14.7 Å². The molecule has 0 unspecified atom stereocenters. The Labute approximate surface area is 172 Å². The molecule has 7 heteroatoms. The Hall–Kier alpha value is -0.920. The zero-order valence-corrected chi connectivity index (χ0v) is 18.7. The van der Waals surface area contributed by atoms with Crippen molar-refractivity contribution < 1.29 is 45.2 Å². The van der Waals surface area contributed by atoms with E-state index in [1.807, 2.05) is 0 Å². The van der Waals surface area contributed by atoms with Crippen molar-refractivity contribution in [2.45, 2.75) is 45.4 Å². The maximum Gasteiger partial charge on any atom is 0.466 e. The van der Waals surface area contributed by atoms with Gasteiger partial charge in [0, 0.05) is 0 Å². The largest absolute Gasteiger partial charge is 0.466 e. The van der Waals surface area contributed by atoms with Crippen molar-refractivity contribution in [3.63, 3.8) is 0 Å². The summed E-state index contributed by atoms with van der Waals surface area (Å²) in [6, 6.07) is 19.4. The monoisotopic (exact) mass is 507 g/mol. The third-order valence-electron chi connectivity index (χ3n) is 3.53. The van der Waals surface area contributed by atoms with Crippen molar-refractivity contribution in [2.24, 2.45) is 0 Å². The number of ether oxygens (including phenoxy) is 1. The molecule has 5 nitrogen and oxygen atoms in total. The molecule has 0 saturated heterocycles. The fourth-order valence-corrected chi connectivity index (χ4v) is 4.48. The second kappa shape index (κ2) is 14.1. The zero-order chi connectivity index (χ0) is 20.0. The minimum atomic E-state index is -4.64. The second-order valence-corrected chi connectivity index (χ2v) is 10.0. The van der Waals surface area contributed by atoms with Crippen molar-refractivity contribution in [1.82, 2.24) is 0 Å². The molecule has 0 heterocycles. The van der Waals surface area contributed by atoms with Gasteiger partial charge in [-0.1, -0.05) is 6.92 Å². The van der Waals surface area contributed by atoms with Crippen LogP contribution in [-0.2, 0) is 4.57 Å². The molecular weight excluding hydrogens is 478 g/mol. The van der Waals surface area contributed by atoms with E-state index >= 15 is 0 Å². The first-order valence-electron chi connectivity index (χ1n) is 9.09. The van der Waals surface area contributed by atoms with Gasteiger partial charge in [-0.15, -0.1) is 0 Å². The summed E-state index contributed by atoms with van der Waals surface area (Å²) in [7, 11) is -4.64. The van der Waals surface area contributed by atoms with Gasteiger partial charge in [-0.3, -0.25) is 0 Å². The average molecular weight is 507 g/mol. The van der Waals surface area contributed by atoms with Crippen LogP contribution in [0.1, 0.15) is 45.4 Å². The standard InChI is InChI=1S/C20H26IO.H3O4P/c1-2-3-4-5-6-10-17-22-20-15-13-19(14-16-20)21-18-11-8-7-9-12-18;1-5(2,3)4/h7-9,11-16H,2-6,10,17H2,1H3;(H3,1,2,3,4)/q-1;. The number of hydrogen-bond acceptors (Lipinski definition) is 2. The molecule has 0 saturated carbocycles. The van der Waals surface area contributed by atoms with Gasteiger partial charge in [-0.25, -0.2) is 4.57 Å². The summed E-state index contributed by atoms with van der Waals surface area (Å²) in [5.74, 6) is 1.01. The van der Waals surface area contributed by atoms with Crippen LogP contribution in [0.4, 0.5) is 0 Å². The Kier molecular flexibility index (Phi) is 12.6. The van der Waals surface area contributed by atoms with E-state index in [0.29, 0.717) is 0 Å². The maximum atomic E-state index is 8.88. The summed E-state index contributed by atoms with van der Waals surface area (Å²) in [6.07, 6.45) is 7.85. The van der Waals surface area contributed by atoms with Gasteiger partial charge in [0.25, 0.3) is 0 Å². The molecule has 0 aliphatic rings.